The van der Waals surface area contributed by atoms with E-state index in [1.807, 2.05) is 42.5 Å². The summed E-state index contributed by atoms with van der Waals surface area (Å²) in [7, 11) is 0. The summed E-state index contributed by atoms with van der Waals surface area (Å²) in [5.74, 6) is 0.289. The van der Waals surface area contributed by atoms with Crippen molar-refractivity contribution in [3.05, 3.63) is 76.2 Å². The van der Waals surface area contributed by atoms with Gasteiger partial charge in [-0.2, -0.15) is 0 Å². The van der Waals surface area contributed by atoms with Gasteiger partial charge in [0.2, 0.25) is 5.91 Å². The van der Waals surface area contributed by atoms with E-state index in [4.69, 9.17) is 5.53 Å². The summed E-state index contributed by atoms with van der Waals surface area (Å²) in [4.78, 5) is 16.9. The number of para-hydroxylation sites is 1. The molecule has 5 heteroatoms. The lowest BCUT2D eigenvalue weighted by atomic mass is 9.87. The fraction of sp³-hybridized carbons (Fsp3) is 0.278. The van der Waals surface area contributed by atoms with Gasteiger partial charge in [-0.1, -0.05) is 61.4 Å². The molecule has 0 spiro atoms. The summed E-state index contributed by atoms with van der Waals surface area (Å²) < 4.78 is 0. The average Bonchev–Trinajstić information content (AvgIpc) is 2.58. The maximum absolute atomic E-state index is 12.4. The molecule has 1 aliphatic rings. The molecule has 1 fully saturated rings. The van der Waals surface area contributed by atoms with Gasteiger partial charge in [-0.3, -0.25) is 4.79 Å². The van der Waals surface area contributed by atoms with Crippen molar-refractivity contribution in [2.45, 2.75) is 31.8 Å². The molecule has 0 aliphatic carbocycles. The topological polar surface area (TPSA) is 69.1 Å². The highest BCUT2D eigenvalue weighted by Crippen LogP contribution is 2.41. The second-order valence-corrected chi connectivity index (χ2v) is 5.96. The first-order valence-electron chi connectivity index (χ1n) is 7.65. The Morgan fingerprint density at radius 3 is 2.30 bits per heavy atom. The second kappa shape index (κ2) is 6.15. The van der Waals surface area contributed by atoms with Gasteiger partial charge in [0.15, 0.2) is 0 Å². The smallest absolute Gasteiger partial charge is 0.239 e. The van der Waals surface area contributed by atoms with Crippen LogP contribution in [0.2, 0.25) is 0 Å². The van der Waals surface area contributed by atoms with E-state index in [0.717, 1.165) is 11.3 Å². The number of amides is 1. The third-order valence-electron chi connectivity index (χ3n) is 4.22. The Labute approximate surface area is 135 Å². The number of carbonyl (C=O) groups excluding carboxylic acids is 1. The summed E-state index contributed by atoms with van der Waals surface area (Å²) >= 11 is 0. The third-order valence-corrected chi connectivity index (χ3v) is 4.22. The van der Waals surface area contributed by atoms with E-state index in [9.17, 15) is 4.79 Å². The molecule has 1 amide bonds. The molecule has 0 aromatic heterocycles. The fourth-order valence-electron chi connectivity index (χ4n) is 2.93. The lowest BCUT2D eigenvalue weighted by Crippen LogP contribution is -2.58. The highest BCUT2D eigenvalue weighted by Gasteiger charge is 2.48. The third kappa shape index (κ3) is 2.67. The van der Waals surface area contributed by atoms with E-state index in [2.05, 4.69) is 36.0 Å². The summed E-state index contributed by atoms with van der Waals surface area (Å²) in [5, 5.41) is 3.69. The maximum atomic E-state index is 12.4. The predicted octanol–water partition coefficient (Wildman–Crippen LogP) is 4.58. The van der Waals surface area contributed by atoms with Crippen LogP contribution >= 0.6 is 0 Å². The Morgan fingerprint density at radius 2 is 1.74 bits per heavy atom. The molecule has 5 nitrogen and oxygen atoms in total. The zero-order valence-corrected chi connectivity index (χ0v) is 13.1. The molecule has 2 atom stereocenters. The highest BCUT2D eigenvalue weighted by molar-refractivity contribution is 6.05. The minimum Gasteiger partial charge on any atom is -0.304 e. The monoisotopic (exact) mass is 306 g/mol. The van der Waals surface area contributed by atoms with Crippen LogP contribution in [0.1, 0.15) is 36.9 Å². The zero-order chi connectivity index (χ0) is 16.4. The molecule has 23 heavy (non-hydrogen) atoms. The number of β-lactam (4-membered cyclic amide) rings is 1. The molecule has 0 radical (unpaired) electrons. The Hall–Kier alpha value is -2.78. The molecule has 1 aliphatic heterocycles. The van der Waals surface area contributed by atoms with E-state index >= 15 is 0 Å². The van der Waals surface area contributed by atoms with Crippen LogP contribution < -0.4 is 4.90 Å². The molecule has 1 heterocycles. The Balaban J connectivity index is 1.97. The largest absolute Gasteiger partial charge is 0.304 e. The van der Waals surface area contributed by atoms with Crippen LogP contribution in [0.5, 0.6) is 0 Å². The molecule has 116 valence electrons. The van der Waals surface area contributed by atoms with E-state index in [1.165, 1.54) is 5.56 Å². The van der Waals surface area contributed by atoms with Gasteiger partial charge < -0.3 is 4.90 Å². The van der Waals surface area contributed by atoms with Crippen LogP contribution in [0.3, 0.4) is 0 Å². The number of nitrogens with zero attached hydrogens (tertiary/aromatic N) is 4. The molecule has 3 rings (SSSR count). The van der Waals surface area contributed by atoms with Crippen molar-refractivity contribution in [2.24, 2.45) is 5.11 Å². The number of anilines is 1. The zero-order valence-electron chi connectivity index (χ0n) is 13.1. The first-order chi connectivity index (χ1) is 11.1. The summed E-state index contributed by atoms with van der Waals surface area (Å²) in [6.07, 6.45) is 0. The SMILES string of the molecule is CC(C)c1ccc([C@@H]2[C@H](N=[N+]=[N-])C(=O)N2c2ccccc2)cc1. The van der Waals surface area contributed by atoms with Crippen molar-refractivity contribution in [3.63, 3.8) is 0 Å². The first-order valence-corrected chi connectivity index (χ1v) is 7.65. The standard InChI is InChI=1S/C18H18N4O/c1-12(2)13-8-10-14(11-9-13)17-16(20-21-19)18(23)22(17)15-6-4-3-5-7-15/h3-12,16-17H,1-2H3/t16-,17+/m0/s1. The Morgan fingerprint density at radius 1 is 1.09 bits per heavy atom. The highest BCUT2D eigenvalue weighted by atomic mass is 16.2. The van der Waals surface area contributed by atoms with Gasteiger partial charge in [-0.25, -0.2) is 0 Å². The quantitative estimate of drug-likeness (QED) is 0.353. The van der Waals surface area contributed by atoms with E-state index in [-0.39, 0.29) is 11.9 Å². The van der Waals surface area contributed by atoms with Gasteiger partial charge in [-0.15, -0.1) is 0 Å². The summed E-state index contributed by atoms with van der Waals surface area (Å²) in [6, 6.07) is 16.7. The van der Waals surface area contributed by atoms with Crippen molar-refractivity contribution in [1.29, 1.82) is 0 Å². The van der Waals surface area contributed by atoms with Crippen molar-refractivity contribution in [2.75, 3.05) is 4.90 Å². The molecule has 2 aromatic rings. The molecule has 0 bridgehead atoms. The number of benzene rings is 2. The molecule has 0 N–H and O–H groups in total. The first kappa shape index (κ1) is 15.1. The number of hydrogen-bond donors (Lipinski definition) is 0. The van der Waals surface area contributed by atoms with Gasteiger partial charge in [0, 0.05) is 10.6 Å². The van der Waals surface area contributed by atoms with E-state index in [0.29, 0.717) is 5.92 Å². The fourth-order valence-corrected chi connectivity index (χ4v) is 2.93. The van der Waals surface area contributed by atoms with Gasteiger partial charge >= 0.3 is 0 Å². The number of azide groups is 1. The van der Waals surface area contributed by atoms with E-state index in [1.54, 1.807) is 4.90 Å². The number of carbonyl (C=O) groups is 1. The molecule has 0 unspecified atom stereocenters. The molecule has 0 saturated carbocycles. The normalized spacial score (nSPS) is 20.1. The maximum Gasteiger partial charge on any atom is 0.239 e. The number of hydrogen-bond acceptors (Lipinski definition) is 2. The Kier molecular flexibility index (Phi) is 4.04. The van der Waals surface area contributed by atoms with Crippen molar-refractivity contribution in [1.82, 2.24) is 0 Å². The van der Waals surface area contributed by atoms with Crippen LogP contribution in [0, 0.1) is 0 Å². The van der Waals surface area contributed by atoms with E-state index < -0.39 is 6.04 Å². The van der Waals surface area contributed by atoms with Crippen molar-refractivity contribution < 1.29 is 4.79 Å². The predicted molar refractivity (Wildman–Crippen MR) is 90.1 cm³/mol. The Bertz CT molecular complexity index is 748. The minimum atomic E-state index is -0.676. The van der Waals surface area contributed by atoms with Crippen LogP contribution in [0.25, 0.3) is 10.4 Å². The van der Waals surface area contributed by atoms with Gasteiger partial charge in [0.1, 0.15) is 6.04 Å². The lowest BCUT2D eigenvalue weighted by Gasteiger charge is -2.45. The van der Waals surface area contributed by atoms with Crippen molar-refractivity contribution >= 4 is 11.6 Å². The van der Waals surface area contributed by atoms with Crippen LogP contribution in [-0.2, 0) is 4.79 Å². The summed E-state index contributed by atoms with van der Waals surface area (Å²) in [5.41, 5.74) is 11.8. The molecule has 2 aromatic carbocycles. The lowest BCUT2D eigenvalue weighted by molar-refractivity contribution is -0.126. The molecule has 1 saturated heterocycles. The molecular weight excluding hydrogens is 288 g/mol. The second-order valence-electron chi connectivity index (χ2n) is 5.96. The van der Waals surface area contributed by atoms with Crippen LogP contribution in [0.15, 0.2) is 59.7 Å². The van der Waals surface area contributed by atoms with Crippen molar-refractivity contribution in [3.8, 4) is 0 Å². The number of rotatable bonds is 4. The average molecular weight is 306 g/mol. The van der Waals surface area contributed by atoms with Crippen LogP contribution in [0.4, 0.5) is 5.69 Å². The van der Waals surface area contributed by atoms with Crippen LogP contribution in [-0.4, -0.2) is 11.9 Å². The van der Waals surface area contributed by atoms with Gasteiger partial charge in [-0.05, 0) is 34.7 Å². The summed E-state index contributed by atoms with van der Waals surface area (Å²) in [6.45, 7) is 4.28. The molecular formula is C18H18N4O. The van der Waals surface area contributed by atoms with Gasteiger partial charge in [0.05, 0.1) is 6.04 Å². The minimum absolute atomic E-state index is 0.160. The van der Waals surface area contributed by atoms with Gasteiger partial charge in [0.25, 0.3) is 0 Å².